The molecule has 2 aromatic rings. The van der Waals surface area contributed by atoms with Gasteiger partial charge in [0, 0.05) is 62.3 Å². The number of carbonyl (C=O) groups is 1. The normalized spacial score (nSPS) is 21.6. The van der Waals surface area contributed by atoms with Gasteiger partial charge in [-0.25, -0.2) is 0 Å². The van der Waals surface area contributed by atoms with E-state index in [0.717, 1.165) is 70.2 Å². The fraction of sp³-hybridized carbons (Fsp3) is 0.480. The van der Waals surface area contributed by atoms with Crippen molar-refractivity contribution in [3.63, 3.8) is 0 Å². The third-order valence-corrected chi connectivity index (χ3v) is 6.69. The molecule has 2 heterocycles. The number of hydrogen-bond acceptors (Lipinski definition) is 4. The highest BCUT2D eigenvalue weighted by atomic mass is 16.5. The van der Waals surface area contributed by atoms with Crippen LogP contribution in [0.25, 0.3) is 0 Å². The lowest BCUT2D eigenvalue weighted by atomic mass is 9.94. The maximum absolute atomic E-state index is 13.1. The molecule has 2 saturated heterocycles. The molecule has 1 N–H and O–H groups in total. The number of amides is 1. The number of rotatable bonds is 6. The number of nitrogens with zero attached hydrogens (tertiary/aromatic N) is 2. The lowest BCUT2D eigenvalue weighted by Crippen LogP contribution is -3.11. The monoisotopic (exact) mass is 424 g/mol. The number of anilines is 1. The van der Waals surface area contributed by atoms with Crippen molar-refractivity contribution in [3.8, 4) is 11.5 Å². The van der Waals surface area contributed by atoms with Gasteiger partial charge in [-0.05, 0) is 24.3 Å². The Balaban J connectivity index is 1.26. The lowest BCUT2D eigenvalue weighted by Gasteiger charge is -2.38. The van der Waals surface area contributed by atoms with Gasteiger partial charge in [0.2, 0.25) is 5.91 Å². The average molecular weight is 425 g/mol. The van der Waals surface area contributed by atoms with E-state index in [1.165, 1.54) is 16.2 Å². The number of piperazine rings is 1. The molecule has 0 radical (unpaired) electrons. The SMILES string of the molecule is COc1ccc(C[NH+]2CCC(C(=O)N3CCN(c4ccccc4)CC3)CC2)c(OC)c1. The minimum Gasteiger partial charge on any atom is -0.497 e. The van der Waals surface area contributed by atoms with E-state index in [-0.39, 0.29) is 5.92 Å². The predicted molar refractivity (Wildman–Crippen MR) is 122 cm³/mol. The van der Waals surface area contributed by atoms with Crippen LogP contribution in [0.1, 0.15) is 18.4 Å². The number of carbonyl (C=O) groups excluding carboxylic acids is 1. The summed E-state index contributed by atoms with van der Waals surface area (Å²) in [6.45, 7) is 6.44. The van der Waals surface area contributed by atoms with Crippen LogP contribution in [0.3, 0.4) is 0 Å². The average Bonchev–Trinajstić information content (AvgIpc) is 2.85. The van der Waals surface area contributed by atoms with Crippen molar-refractivity contribution in [2.24, 2.45) is 5.92 Å². The van der Waals surface area contributed by atoms with E-state index in [1.54, 1.807) is 14.2 Å². The molecule has 0 spiro atoms. The van der Waals surface area contributed by atoms with E-state index in [4.69, 9.17) is 9.47 Å². The van der Waals surface area contributed by atoms with E-state index in [9.17, 15) is 4.79 Å². The summed E-state index contributed by atoms with van der Waals surface area (Å²) in [7, 11) is 3.37. The zero-order chi connectivity index (χ0) is 21.6. The summed E-state index contributed by atoms with van der Waals surface area (Å²) in [5, 5.41) is 0. The molecule has 0 unspecified atom stereocenters. The van der Waals surface area contributed by atoms with Crippen molar-refractivity contribution in [2.75, 3.05) is 58.4 Å². The van der Waals surface area contributed by atoms with Crippen LogP contribution in [-0.4, -0.2) is 64.3 Å². The second-order valence-corrected chi connectivity index (χ2v) is 8.53. The number of benzene rings is 2. The second-order valence-electron chi connectivity index (χ2n) is 8.53. The van der Waals surface area contributed by atoms with Crippen molar-refractivity contribution < 1.29 is 19.2 Å². The van der Waals surface area contributed by atoms with E-state index < -0.39 is 0 Å². The lowest BCUT2D eigenvalue weighted by molar-refractivity contribution is -0.919. The van der Waals surface area contributed by atoms with Gasteiger partial charge >= 0.3 is 0 Å². The van der Waals surface area contributed by atoms with Gasteiger partial charge in [0.15, 0.2) is 0 Å². The number of nitrogens with one attached hydrogen (secondary N) is 1. The first-order valence-corrected chi connectivity index (χ1v) is 11.3. The van der Waals surface area contributed by atoms with Crippen LogP contribution >= 0.6 is 0 Å². The number of hydrogen-bond donors (Lipinski definition) is 1. The first-order valence-electron chi connectivity index (χ1n) is 11.3. The Morgan fingerprint density at radius 2 is 1.68 bits per heavy atom. The van der Waals surface area contributed by atoms with E-state index >= 15 is 0 Å². The quantitative estimate of drug-likeness (QED) is 0.769. The number of para-hydroxylation sites is 1. The second kappa shape index (κ2) is 10.1. The van der Waals surface area contributed by atoms with Crippen LogP contribution < -0.4 is 19.3 Å². The van der Waals surface area contributed by atoms with E-state index in [1.807, 2.05) is 18.2 Å². The third-order valence-electron chi connectivity index (χ3n) is 6.69. The van der Waals surface area contributed by atoms with Crippen LogP contribution in [0.4, 0.5) is 5.69 Å². The number of quaternary nitrogens is 1. The molecule has 1 amide bonds. The molecular weight excluding hydrogens is 390 g/mol. The number of likely N-dealkylation sites (tertiary alicyclic amines) is 1. The highest BCUT2D eigenvalue weighted by molar-refractivity contribution is 5.79. The fourth-order valence-corrected chi connectivity index (χ4v) is 4.80. The molecule has 0 aromatic heterocycles. The van der Waals surface area contributed by atoms with Gasteiger partial charge in [0.1, 0.15) is 18.0 Å². The first-order chi connectivity index (χ1) is 15.2. The molecule has 2 aromatic carbocycles. The standard InChI is InChI=1S/C25H33N3O3/c1-30-23-9-8-21(24(18-23)31-2)19-26-12-10-20(11-13-26)25(29)28-16-14-27(15-17-28)22-6-4-3-5-7-22/h3-9,18,20H,10-17,19H2,1-2H3/p+1. The molecule has 31 heavy (non-hydrogen) atoms. The summed E-state index contributed by atoms with van der Waals surface area (Å²) in [6.07, 6.45) is 1.93. The number of piperidine rings is 1. The van der Waals surface area contributed by atoms with Gasteiger partial charge in [-0.15, -0.1) is 0 Å². The zero-order valence-corrected chi connectivity index (χ0v) is 18.7. The summed E-state index contributed by atoms with van der Waals surface area (Å²) in [5.41, 5.74) is 2.44. The topological polar surface area (TPSA) is 46.5 Å². The molecule has 0 saturated carbocycles. The highest BCUT2D eigenvalue weighted by Crippen LogP contribution is 2.24. The largest absolute Gasteiger partial charge is 0.497 e. The molecule has 6 nitrogen and oxygen atoms in total. The van der Waals surface area contributed by atoms with Crippen molar-refractivity contribution in [1.82, 2.24) is 4.90 Å². The Kier molecular flexibility index (Phi) is 6.97. The molecule has 166 valence electrons. The van der Waals surface area contributed by atoms with Gasteiger partial charge < -0.3 is 24.2 Å². The Hall–Kier alpha value is -2.73. The van der Waals surface area contributed by atoms with Crippen LogP contribution in [0.2, 0.25) is 0 Å². The molecule has 4 rings (SSSR count). The van der Waals surface area contributed by atoms with Crippen LogP contribution in [0, 0.1) is 5.92 Å². The minimum absolute atomic E-state index is 0.171. The number of ether oxygens (including phenoxy) is 2. The van der Waals surface area contributed by atoms with E-state index in [2.05, 4.69) is 40.1 Å². The Morgan fingerprint density at radius 1 is 0.968 bits per heavy atom. The van der Waals surface area contributed by atoms with Gasteiger partial charge in [-0.2, -0.15) is 0 Å². The maximum atomic E-state index is 13.1. The van der Waals surface area contributed by atoms with Crippen molar-refractivity contribution in [1.29, 1.82) is 0 Å². The van der Waals surface area contributed by atoms with Gasteiger partial charge in [0.05, 0.1) is 27.3 Å². The zero-order valence-electron chi connectivity index (χ0n) is 18.7. The summed E-state index contributed by atoms with van der Waals surface area (Å²) in [5.74, 6) is 2.21. The third kappa shape index (κ3) is 5.13. The first kappa shape index (κ1) is 21.5. The van der Waals surface area contributed by atoms with Crippen LogP contribution in [0.15, 0.2) is 48.5 Å². The molecule has 2 fully saturated rings. The van der Waals surface area contributed by atoms with Gasteiger partial charge in [-0.3, -0.25) is 4.79 Å². The van der Waals surface area contributed by atoms with Gasteiger partial charge in [0.25, 0.3) is 0 Å². The summed E-state index contributed by atoms with van der Waals surface area (Å²) in [4.78, 5) is 19.1. The Labute approximate surface area is 185 Å². The Bertz CT molecular complexity index is 858. The minimum atomic E-state index is 0.171. The predicted octanol–water partition coefficient (Wildman–Crippen LogP) is 1.85. The summed E-state index contributed by atoms with van der Waals surface area (Å²) >= 11 is 0. The van der Waals surface area contributed by atoms with E-state index in [0.29, 0.717) is 5.91 Å². The fourth-order valence-electron chi connectivity index (χ4n) is 4.80. The molecule has 0 atom stereocenters. The van der Waals surface area contributed by atoms with Crippen LogP contribution in [0.5, 0.6) is 11.5 Å². The summed E-state index contributed by atoms with van der Waals surface area (Å²) in [6, 6.07) is 16.5. The van der Waals surface area contributed by atoms with Crippen molar-refractivity contribution >= 4 is 11.6 Å². The molecular formula is C25H34N3O3+. The molecule has 2 aliphatic heterocycles. The van der Waals surface area contributed by atoms with Crippen molar-refractivity contribution in [3.05, 3.63) is 54.1 Å². The number of methoxy groups -OCH3 is 2. The van der Waals surface area contributed by atoms with Crippen LogP contribution in [-0.2, 0) is 11.3 Å². The van der Waals surface area contributed by atoms with Gasteiger partial charge in [-0.1, -0.05) is 18.2 Å². The molecule has 0 aliphatic carbocycles. The highest BCUT2D eigenvalue weighted by Gasteiger charge is 2.32. The molecule has 0 bridgehead atoms. The summed E-state index contributed by atoms with van der Waals surface area (Å²) < 4.78 is 10.9. The molecule has 2 aliphatic rings. The molecule has 6 heteroatoms. The maximum Gasteiger partial charge on any atom is 0.226 e. The van der Waals surface area contributed by atoms with Crippen molar-refractivity contribution in [2.45, 2.75) is 19.4 Å². The smallest absolute Gasteiger partial charge is 0.226 e. The Morgan fingerprint density at radius 3 is 2.32 bits per heavy atom.